The molecule has 0 radical (unpaired) electrons. The van der Waals surface area contributed by atoms with Crippen LogP contribution in [-0.4, -0.2) is 34.5 Å². The summed E-state index contributed by atoms with van der Waals surface area (Å²) in [5, 5.41) is 9.05. The Morgan fingerprint density at radius 2 is 2.20 bits per heavy atom. The molecule has 0 aromatic heterocycles. The van der Waals surface area contributed by atoms with Gasteiger partial charge in [-0.3, -0.25) is 9.59 Å². The summed E-state index contributed by atoms with van der Waals surface area (Å²) in [6.07, 6.45) is 1.54. The first-order chi connectivity index (χ1) is 9.47. The summed E-state index contributed by atoms with van der Waals surface area (Å²) in [7, 11) is 0. The van der Waals surface area contributed by atoms with Crippen LogP contribution in [0.25, 0.3) is 0 Å². The SMILES string of the molecule is O=C(O)CC1CCCN1C(=O)Cc1ccc(F)cc1Cl. The summed E-state index contributed by atoms with van der Waals surface area (Å²) in [6.45, 7) is 0.565. The summed E-state index contributed by atoms with van der Waals surface area (Å²) in [4.78, 5) is 24.6. The smallest absolute Gasteiger partial charge is 0.305 e. The molecule has 108 valence electrons. The first-order valence-corrected chi connectivity index (χ1v) is 6.80. The van der Waals surface area contributed by atoms with Crippen molar-refractivity contribution in [1.82, 2.24) is 4.90 Å². The summed E-state index contributed by atoms with van der Waals surface area (Å²) < 4.78 is 12.9. The minimum Gasteiger partial charge on any atom is -0.481 e. The van der Waals surface area contributed by atoms with E-state index in [0.29, 0.717) is 18.5 Å². The lowest BCUT2D eigenvalue weighted by Gasteiger charge is -2.23. The standard InChI is InChI=1S/C14H15ClFNO3/c15-12-7-10(16)4-3-9(12)6-13(18)17-5-1-2-11(17)8-14(19)20/h3-4,7,11H,1-2,5-6,8H2,(H,19,20). The summed E-state index contributed by atoms with van der Waals surface area (Å²) in [5.41, 5.74) is 0.555. The van der Waals surface area contributed by atoms with E-state index in [1.807, 2.05) is 0 Å². The summed E-state index contributed by atoms with van der Waals surface area (Å²) >= 11 is 5.90. The van der Waals surface area contributed by atoms with Gasteiger partial charge in [0.05, 0.1) is 12.8 Å². The van der Waals surface area contributed by atoms with E-state index in [1.54, 1.807) is 4.90 Å². The van der Waals surface area contributed by atoms with Gasteiger partial charge in [-0.15, -0.1) is 0 Å². The highest BCUT2D eigenvalue weighted by Crippen LogP contribution is 2.23. The van der Waals surface area contributed by atoms with Gasteiger partial charge in [-0.25, -0.2) is 4.39 Å². The van der Waals surface area contributed by atoms with E-state index < -0.39 is 11.8 Å². The number of carbonyl (C=O) groups excluding carboxylic acids is 1. The van der Waals surface area contributed by atoms with E-state index in [4.69, 9.17) is 16.7 Å². The minimum absolute atomic E-state index is 0.0388. The van der Waals surface area contributed by atoms with E-state index in [2.05, 4.69) is 0 Å². The Bertz CT molecular complexity index is 535. The van der Waals surface area contributed by atoms with Crippen molar-refractivity contribution in [3.8, 4) is 0 Å². The summed E-state index contributed by atoms with van der Waals surface area (Å²) in [6, 6.07) is 3.66. The van der Waals surface area contributed by atoms with Crippen LogP contribution in [0.15, 0.2) is 18.2 Å². The maximum absolute atomic E-state index is 12.9. The molecule has 0 bridgehead atoms. The second-order valence-electron chi connectivity index (χ2n) is 4.89. The topological polar surface area (TPSA) is 57.6 Å². The Hall–Kier alpha value is -1.62. The molecular weight excluding hydrogens is 285 g/mol. The van der Waals surface area contributed by atoms with Crippen LogP contribution < -0.4 is 0 Å². The normalized spacial score (nSPS) is 18.3. The number of benzene rings is 1. The Labute approximate surface area is 121 Å². The number of amides is 1. The number of carboxylic acids is 1. The molecule has 1 aromatic carbocycles. The zero-order valence-corrected chi connectivity index (χ0v) is 11.6. The molecule has 4 nitrogen and oxygen atoms in total. The van der Waals surface area contributed by atoms with Crippen molar-refractivity contribution in [2.75, 3.05) is 6.54 Å². The highest BCUT2D eigenvalue weighted by Gasteiger charge is 2.30. The van der Waals surface area contributed by atoms with E-state index in [1.165, 1.54) is 18.2 Å². The number of aliphatic carboxylic acids is 1. The molecule has 1 heterocycles. The number of likely N-dealkylation sites (tertiary alicyclic amines) is 1. The molecule has 2 rings (SSSR count). The lowest BCUT2D eigenvalue weighted by molar-refractivity contribution is -0.139. The second-order valence-corrected chi connectivity index (χ2v) is 5.30. The molecule has 1 saturated heterocycles. The first kappa shape index (κ1) is 14.8. The molecule has 1 fully saturated rings. The van der Waals surface area contributed by atoms with Crippen molar-refractivity contribution < 1.29 is 19.1 Å². The van der Waals surface area contributed by atoms with Crippen LogP contribution in [0.2, 0.25) is 5.02 Å². The van der Waals surface area contributed by atoms with Crippen LogP contribution in [0.1, 0.15) is 24.8 Å². The van der Waals surface area contributed by atoms with Crippen molar-refractivity contribution in [3.05, 3.63) is 34.6 Å². The number of halogens is 2. The molecule has 1 aromatic rings. The highest BCUT2D eigenvalue weighted by atomic mass is 35.5. The van der Waals surface area contributed by atoms with Crippen LogP contribution in [0.4, 0.5) is 4.39 Å². The molecule has 1 atom stereocenters. The Kier molecular flexibility index (Phi) is 4.60. The third-order valence-electron chi connectivity index (χ3n) is 3.46. The Morgan fingerprint density at radius 1 is 1.45 bits per heavy atom. The minimum atomic E-state index is -0.908. The van der Waals surface area contributed by atoms with Gasteiger partial charge in [0.2, 0.25) is 5.91 Å². The zero-order chi connectivity index (χ0) is 14.7. The van der Waals surface area contributed by atoms with Crippen LogP contribution in [-0.2, 0) is 16.0 Å². The largest absolute Gasteiger partial charge is 0.481 e. The third-order valence-corrected chi connectivity index (χ3v) is 3.82. The van der Waals surface area contributed by atoms with Gasteiger partial charge in [-0.05, 0) is 30.5 Å². The molecule has 1 amide bonds. The van der Waals surface area contributed by atoms with Gasteiger partial charge in [-0.1, -0.05) is 17.7 Å². The van der Waals surface area contributed by atoms with E-state index in [9.17, 15) is 14.0 Å². The van der Waals surface area contributed by atoms with Crippen molar-refractivity contribution in [1.29, 1.82) is 0 Å². The van der Waals surface area contributed by atoms with Crippen molar-refractivity contribution in [2.24, 2.45) is 0 Å². The molecule has 1 unspecified atom stereocenters. The number of hydrogen-bond donors (Lipinski definition) is 1. The van der Waals surface area contributed by atoms with Gasteiger partial charge >= 0.3 is 5.97 Å². The van der Waals surface area contributed by atoms with Crippen molar-refractivity contribution in [3.63, 3.8) is 0 Å². The number of carbonyl (C=O) groups is 2. The van der Waals surface area contributed by atoms with E-state index in [0.717, 1.165) is 6.42 Å². The molecular formula is C14H15ClFNO3. The predicted molar refractivity (Wildman–Crippen MR) is 72.1 cm³/mol. The Balaban J connectivity index is 2.05. The molecule has 6 heteroatoms. The average Bonchev–Trinajstić information content (AvgIpc) is 2.80. The molecule has 20 heavy (non-hydrogen) atoms. The van der Waals surface area contributed by atoms with Gasteiger partial charge in [0.15, 0.2) is 0 Å². The number of rotatable bonds is 4. The zero-order valence-electron chi connectivity index (χ0n) is 10.8. The fourth-order valence-corrected chi connectivity index (χ4v) is 2.74. The van der Waals surface area contributed by atoms with E-state index in [-0.39, 0.29) is 29.8 Å². The van der Waals surface area contributed by atoms with Gasteiger partial charge in [0.1, 0.15) is 5.82 Å². The first-order valence-electron chi connectivity index (χ1n) is 6.42. The Morgan fingerprint density at radius 3 is 2.85 bits per heavy atom. The molecule has 0 saturated carbocycles. The monoisotopic (exact) mass is 299 g/mol. The molecule has 0 spiro atoms. The average molecular weight is 300 g/mol. The third kappa shape index (κ3) is 3.48. The van der Waals surface area contributed by atoms with Gasteiger partial charge in [-0.2, -0.15) is 0 Å². The predicted octanol–water partition coefficient (Wildman–Crippen LogP) is 2.49. The second kappa shape index (κ2) is 6.22. The molecule has 0 aliphatic carbocycles. The lowest BCUT2D eigenvalue weighted by Crippen LogP contribution is -2.37. The van der Waals surface area contributed by atoms with Crippen LogP contribution >= 0.6 is 11.6 Å². The molecule has 1 aliphatic heterocycles. The van der Waals surface area contributed by atoms with Crippen molar-refractivity contribution >= 4 is 23.5 Å². The summed E-state index contributed by atoms with van der Waals surface area (Å²) in [5.74, 6) is -1.52. The fraction of sp³-hybridized carbons (Fsp3) is 0.429. The van der Waals surface area contributed by atoms with Gasteiger partial charge < -0.3 is 10.0 Å². The van der Waals surface area contributed by atoms with Crippen LogP contribution in [0.5, 0.6) is 0 Å². The quantitative estimate of drug-likeness (QED) is 0.929. The number of carboxylic acid groups (broad SMARTS) is 1. The maximum atomic E-state index is 12.9. The lowest BCUT2D eigenvalue weighted by atomic mass is 10.1. The number of hydrogen-bond acceptors (Lipinski definition) is 2. The maximum Gasteiger partial charge on any atom is 0.305 e. The highest BCUT2D eigenvalue weighted by molar-refractivity contribution is 6.31. The van der Waals surface area contributed by atoms with Gasteiger partial charge in [0, 0.05) is 17.6 Å². The molecule has 1 N–H and O–H groups in total. The van der Waals surface area contributed by atoms with E-state index >= 15 is 0 Å². The number of nitrogens with zero attached hydrogens (tertiary/aromatic N) is 1. The van der Waals surface area contributed by atoms with Crippen LogP contribution in [0.3, 0.4) is 0 Å². The molecule has 1 aliphatic rings. The van der Waals surface area contributed by atoms with Crippen LogP contribution in [0, 0.1) is 5.82 Å². The van der Waals surface area contributed by atoms with Crippen molar-refractivity contribution in [2.45, 2.75) is 31.7 Å². The fourth-order valence-electron chi connectivity index (χ4n) is 2.51. The van der Waals surface area contributed by atoms with Gasteiger partial charge in [0.25, 0.3) is 0 Å².